The minimum Gasteiger partial charge on any atom is -0.351 e. The highest BCUT2D eigenvalue weighted by Crippen LogP contribution is 2.13. The molecule has 0 radical (unpaired) electrons. The molecule has 2 rings (SSSR count). The SMILES string of the molecule is O=C(NCCNS(=O)(=O)c1ccc(Cl)cc1)c1ccc(Br)cc1. The van der Waals surface area contributed by atoms with E-state index in [9.17, 15) is 13.2 Å². The summed E-state index contributed by atoms with van der Waals surface area (Å²) in [5.74, 6) is -0.261. The van der Waals surface area contributed by atoms with E-state index in [-0.39, 0.29) is 23.9 Å². The summed E-state index contributed by atoms with van der Waals surface area (Å²) in [7, 11) is -3.61. The standard InChI is InChI=1S/C15H14BrClN2O3S/c16-12-3-1-11(2-4-12)15(20)18-9-10-19-23(21,22)14-7-5-13(17)6-8-14/h1-8,19H,9-10H2,(H,18,20). The lowest BCUT2D eigenvalue weighted by molar-refractivity contribution is 0.0954. The summed E-state index contributed by atoms with van der Waals surface area (Å²) in [6.07, 6.45) is 0. The Morgan fingerprint density at radius 1 is 1.00 bits per heavy atom. The van der Waals surface area contributed by atoms with Gasteiger partial charge in [-0.1, -0.05) is 27.5 Å². The Labute approximate surface area is 148 Å². The van der Waals surface area contributed by atoms with Gasteiger partial charge in [-0.25, -0.2) is 13.1 Å². The topological polar surface area (TPSA) is 75.3 Å². The molecule has 0 spiro atoms. The summed E-state index contributed by atoms with van der Waals surface area (Å²) in [6, 6.07) is 12.7. The van der Waals surface area contributed by atoms with Crippen molar-refractivity contribution < 1.29 is 13.2 Å². The molecule has 2 aromatic carbocycles. The second kappa shape index (κ2) is 7.92. The summed E-state index contributed by atoms with van der Waals surface area (Å²) in [4.78, 5) is 12.0. The number of hydrogen-bond acceptors (Lipinski definition) is 3. The van der Waals surface area contributed by atoms with Gasteiger partial charge in [-0.15, -0.1) is 0 Å². The van der Waals surface area contributed by atoms with Crippen molar-refractivity contribution in [1.29, 1.82) is 0 Å². The maximum Gasteiger partial charge on any atom is 0.251 e. The molecule has 2 aromatic rings. The molecular weight excluding hydrogens is 404 g/mol. The largest absolute Gasteiger partial charge is 0.351 e. The lowest BCUT2D eigenvalue weighted by Gasteiger charge is -2.08. The van der Waals surface area contributed by atoms with Gasteiger partial charge < -0.3 is 5.32 Å². The predicted molar refractivity (Wildman–Crippen MR) is 93.1 cm³/mol. The van der Waals surface area contributed by atoms with Crippen molar-refractivity contribution in [2.75, 3.05) is 13.1 Å². The van der Waals surface area contributed by atoms with E-state index in [2.05, 4.69) is 26.0 Å². The van der Waals surface area contributed by atoms with Gasteiger partial charge in [-0.05, 0) is 48.5 Å². The van der Waals surface area contributed by atoms with Crippen molar-refractivity contribution in [3.8, 4) is 0 Å². The van der Waals surface area contributed by atoms with E-state index in [0.29, 0.717) is 10.6 Å². The summed E-state index contributed by atoms with van der Waals surface area (Å²) >= 11 is 9.02. The van der Waals surface area contributed by atoms with Crippen LogP contribution in [0.1, 0.15) is 10.4 Å². The number of sulfonamides is 1. The molecule has 2 N–H and O–H groups in total. The van der Waals surface area contributed by atoms with E-state index in [1.807, 2.05) is 0 Å². The Kier molecular flexibility index (Phi) is 6.17. The van der Waals surface area contributed by atoms with Crippen molar-refractivity contribution >= 4 is 43.5 Å². The molecule has 0 saturated carbocycles. The van der Waals surface area contributed by atoms with Crippen LogP contribution in [-0.4, -0.2) is 27.4 Å². The van der Waals surface area contributed by atoms with Gasteiger partial charge in [-0.3, -0.25) is 4.79 Å². The number of nitrogens with one attached hydrogen (secondary N) is 2. The third-order valence-electron chi connectivity index (χ3n) is 2.93. The predicted octanol–water partition coefficient (Wildman–Crippen LogP) is 2.81. The number of carbonyl (C=O) groups is 1. The molecule has 5 nitrogen and oxygen atoms in total. The molecule has 0 aliphatic rings. The molecule has 8 heteroatoms. The molecule has 122 valence electrons. The number of benzene rings is 2. The molecule has 0 aliphatic heterocycles. The first-order valence-electron chi connectivity index (χ1n) is 6.67. The zero-order valence-corrected chi connectivity index (χ0v) is 15.1. The highest BCUT2D eigenvalue weighted by molar-refractivity contribution is 9.10. The third-order valence-corrected chi connectivity index (χ3v) is 5.19. The van der Waals surface area contributed by atoms with E-state index < -0.39 is 10.0 Å². The quantitative estimate of drug-likeness (QED) is 0.710. The Morgan fingerprint density at radius 3 is 2.22 bits per heavy atom. The van der Waals surface area contributed by atoms with Crippen molar-refractivity contribution in [2.24, 2.45) is 0 Å². The smallest absolute Gasteiger partial charge is 0.251 e. The molecule has 0 aromatic heterocycles. The van der Waals surface area contributed by atoms with Crippen molar-refractivity contribution in [3.63, 3.8) is 0 Å². The molecule has 0 atom stereocenters. The normalized spacial score (nSPS) is 11.2. The molecular formula is C15H14BrClN2O3S. The maximum atomic E-state index is 12.0. The molecule has 0 bridgehead atoms. The molecule has 1 amide bonds. The van der Waals surface area contributed by atoms with Crippen LogP contribution in [0.15, 0.2) is 57.9 Å². The summed E-state index contributed by atoms with van der Waals surface area (Å²) < 4.78 is 27.3. The number of rotatable bonds is 6. The summed E-state index contributed by atoms with van der Waals surface area (Å²) in [5.41, 5.74) is 0.508. The second-order valence-electron chi connectivity index (χ2n) is 4.61. The lowest BCUT2D eigenvalue weighted by atomic mass is 10.2. The Hall–Kier alpha value is -1.41. The number of halogens is 2. The number of amides is 1. The zero-order chi connectivity index (χ0) is 16.9. The van der Waals surface area contributed by atoms with Gasteiger partial charge in [-0.2, -0.15) is 0 Å². The van der Waals surface area contributed by atoms with Gasteiger partial charge >= 0.3 is 0 Å². The second-order valence-corrected chi connectivity index (χ2v) is 7.73. The van der Waals surface area contributed by atoms with Crippen LogP contribution in [0.4, 0.5) is 0 Å². The Bertz CT molecular complexity index is 777. The van der Waals surface area contributed by atoms with Crippen LogP contribution in [0.3, 0.4) is 0 Å². The molecule has 0 fully saturated rings. The maximum absolute atomic E-state index is 12.0. The average Bonchev–Trinajstić information content (AvgIpc) is 2.52. The Balaban J connectivity index is 1.83. The first-order valence-corrected chi connectivity index (χ1v) is 9.33. The van der Waals surface area contributed by atoms with Crippen LogP contribution in [0.2, 0.25) is 5.02 Å². The van der Waals surface area contributed by atoms with Crippen LogP contribution in [0, 0.1) is 0 Å². The highest BCUT2D eigenvalue weighted by atomic mass is 79.9. The van der Waals surface area contributed by atoms with E-state index >= 15 is 0 Å². The van der Waals surface area contributed by atoms with Crippen LogP contribution >= 0.6 is 27.5 Å². The number of carbonyl (C=O) groups excluding carboxylic acids is 1. The van der Waals surface area contributed by atoms with Crippen LogP contribution in [0.5, 0.6) is 0 Å². The van der Waals surface area contributed by atoms with Gasteiger partial charge in [0.2, 0.25) is 10.0 Å². The average molecular weight is 418 g/mol. The highest BCUT2D eigenvalue weighted by Gasteiger charge is 2.13. The minimum absolute atomic E-state index is 0.0905. The molecule has 0 aliphatic carbocycles. The van der Waals surface area contributed by atoms with E-state index in [1.165, 1.54) is 24.3 Å². The van der Waals surface area contributed by atoms with Crippen molar-refractivity contribution in [2.45, 2.75) is 4.90 Å². The molecule has 23 heavy (non-hydrogen) atoms. The Morgan fingerprint density at radius 2 is 1.61 bits per heavy atom. The fraction of sp³-hybridized carbons (Fsp3) is 0.133. The first kappa shape index (κ1) is 17.9. The van der Waals surface area contributed by atoms with E-state index in [1.54, 1.807) is 24.3 Å². The molecule has 0 saturated heterocycles. The fourth-order valence-corrected chi connectivity index (χ4v) is 3.18. The fourth-order valence-electron chi connectivity index (χ4n) is 1.76. The summed E-state index contributed by atoms with van der Waals surface area (Å²) in [6.45, 7) is 0.273. The van der Waals surface area contributed by atoms with Crippen molar-refractivity contribution in [3.05, 3.63) is 63.6 Å². The van der Waals surface area contributed by atoms with E-state index in [4.69, 9.17) is 11.6 Å². The van der Waals surface area contributed by atoms with Gasteiger partial charge in [0.15, 0.2) is 0 Å². The van der Waals surface area contributed by atoms with Gasteiger partial charge in [0.25, 0.3) is 5.91 Å². The van der Waals surface area contributed by atoms with E-state index in [0.717, 1.165) is 4.47 Å². The first-order chi connectivity index (χ1) is 10.9. The zero-order valence-electron chi connectivity index (χ0n) is 11.9. The van der Waals surface area contributed by atoms with Crippen molar-refractivity contribution in [1.82, 2.24) is 10.0 Å². The third kappa shape index (κ3) is 5.31. The number of hydrogen-bond donors (Lipinski definition) is 2. The lowest BCUT2D eigenvalue weighted by Crippen LogP contribution is -2.34. The minimum atomic E-state index is -3.61. The van der Waals surface area contributed by atoms with Crippen LogP contribution in [-0.2, 0) is 10.0 Å². The molecule has 0 unspecified atom stereocenters. The van der Waals surface area contributed by atoms with Gasteiger partial charge in [0, 0.05) is 28.1 Å². The summed E-state index contributed by atoms with van der Waals surface area (Å²) in [5, 5.41) is 3.11. The van der Waals surface area contributed by atoms with Crippen LogP contribution < -0.4 is 10.0 Å². The van der Waals surface area contributed by atoms with Gasteiger partial charge in [0.1, 0.15) is 0 Å². The van der Waals surface area contributed by atoms with Gasteiger partial charge in [0.05, 0.1) is 4.90 Å². The molecule has 0 heterocycles. The van der Waals surface area contributed by atoms with Crippen LogP contribution in [0.25, 0.3) is 0 Å². The monoisotopic (exact) mass is 416 g/mol.